The molecule has 1 saturated heterocycles. The van der Waals surface area contributed by atoms with E-state index in [1.165, 1.54) is 12.1 Å². The first-order chi connectivity index (χ1) is 21.0. The number of phenols is 1. The maximum absolute atomic E-state index is 13.5. The molecule has 1 aliphatic heterocycles. The number of halogens is 1. The highest BCUT2D eigenvalue weighted by atomic mass is 35.5. The van der Waals surface area contributed by atoms with Gasteiger partial charge in [0.2, 0.25) is 23.6 Å². The third-order valence-electron chi connectivity index (χ3n) is 7.10. The van der Waals surface area contributed by atoms with Gasteiger partial charge in [-0.1, -0.05) is 57.5 Å². The topological polar surface area (TPSA) is 200 Å². The Labute approximate surface area is 274 Å². The van der Waals surface area contributed by atoms with Crippen molar-refractivity contribution in [3.63, 3.8) is 0 Å². The van der Waals surface area contributed by atoms with E-state index in [-0.39, 0.29) is 18.6 Å². The summed E-state index contributed by atoms with van der Waals surface area (Å²) in [5.41, 5.74) is 7.53. The van der Waals surface area contributed by atoms with E-state index in [1.807, 2.05) is 0 Å². The van der Waals surface area contributed by atoms with Crippen LogP contribution in [0.2, 0.25) is 5.02 Å². The molecule has 0 unspecified atom stereocenters. The Kier molecular flexibility index (Phi) is 12.2. The molecule has 15 heteroatoms. The summed E-state index contributed by atoms with van der Waals surface area (Å²) in [5.74, 6) is -3.92. The number of hydrogen-bond donors (Lipinski definition) is 7. The molecule has 4 amide bonds. The van der Waals surface area contributed by atoms with Gasteiger partial charge < -0.3 is 37.2 Å². The fraction of sp³-hybridized carbons (Fsp3) is 0.433. The molecule has 45 heavy (non-hydrogen) atoms. The van der Waals surface area contributed by atoms with Crippen LogP contribution in [0.4, 0.5) is 0 Å². The standard InChI is InChI=1S/C30H38ClN5O7S2/c1-29(2)23(35-25(39)20(32)13-16-7-11-19(37)12-8-16)27(41)33-15-22(38)34-21(14-17-5-9-18(31)10-6-17)26(40)36-24(28(42)43)30(3,4)45-44-29/h5-12,20-21,23-24,37H,13-15,32H2,1-4H3,(H,33,41)(H,34,38)(H,35,39)(H,36,40)(H,42,43)/t20-,21-,23+,24+/m0/s1. The van der Waals surface area contributed by atoms with Gasteiger partial charge in [0, 0.05) is 16.2 Å². The maximum atomic E-state index is 13.5. The van der Waals surface area contributed by atoms with E-state index in [1.54, 1.807) is 64.1 Å². The summed E-state index contributed by atoms with van der Waals surface area (Å²) >= 11 is 5.98. The number of carbonyl (C=O) groups excluding carboxylic acids is 4. The van der Waals surface area contributed by atoms with Crippen molar-refractivity contribution in [3.05, 3.63) is 64.7 Å². The van der Waals surface area contributed by atoms with Crippen molar-refractivity contribution in [1.29, 1.82) is 0 Å². The number of hydrogen-bond acceptors (Lipinski definition) is 9. The number of carboxylic acid groups (broad SMARTS) is 1. The molecule has 0 aromatic heterocycles. The number of aromatic hydroxyl groups is 1. The Morgan fingerprint density at radius 2 is 1.53 bits per heavy atom. The van der Waals surface area contributed by atoms with Gasteiger partial charge in [-0.15, -0.1) is 0 Å². The minimum absolute atomic E-state index is 0.0297. The van der Waals surface area contributed by atoms with Gasteiger partial charge in [-0.25, -0.2) is 4.79 Å². The van der Waals surface area contributed by atoms with Crippen molar-refractivity contribution >= 4 is 62.8 Å². The van der Waals surface area contributed by atoms with Crippen molar-refractivity contribution in [2.75, 3.05) is 6.54 Å². The highest BCUT2D eigenvalue weighted by Gasteiger charge is 2.44. The third kappa shape index (κ3) is 10.3. The smallest absolute Gasteiger partial charge is 0.327 e. The van der Waals surface area contributed by atoms with Crippen LogP contribution in [-0.2, 0) is 36.8 Å². The second-order valence-electron chi connectivity index (χ2n) is 11.7. The lowest BCUT2D eigenvalue weighted by Crippen LogP contribution is -2.61. The molecule has 0 spiro atoms. The van der Waals surface area contributed by atoms with E-state index in [0.717, 1.165) is 21.6 Å². The van der Waals surface area contributed by atoms with Crippen molar-refractivity contribution in [3.8, 4) is 5.75 Å². The van der Waals surface area contributed by atoms with Crippen LogP contribution in [0.3, 0.4) is 0 Å². The lowest BCUT2D eigenvalue weighted by Gasteiger charge is -2.38. The number of phenolic OH excluding ortho intramolecular Hbond substituents is 1. The Bertz CT molecular complexity index is 1410. The van der Waals surface area contributed by atoms with Crippen LogP contribution in [0.5, 0.6) is 5.75 Å². The Balaban J connectivity index is 1.89. The monoisotopic (exact) mass is 679 g/mol. The Morgan fingerprint density at radius 3 is 2.13 bits per heavy atom. The van der Waals surface area contributed by atoms with Crippen LogP contribution in [-0.4, -0.2) is 80.0 Å². The third-order valence-corrected chi connectivity index (χ3v) is 11.6. The summed E-state index contributed by atoms with van der Waals surface area (Å²) < 4.78 is -2.17. The van der Waals surface area contributed by atoms with Gasteiger partial charge in [-0.3, -0.25) is 19.2 Å². The number of carboxylic acids is 1. The molecule has 244 valence electrons. The van der Waals surface area contributed by atoms with Gasteiger partial charge in [0.15, 0.2) is 0 Å². The molecular weight excluding hydrogens is 642 g/mol. The highest BCUT2D eigenvalue weighted by molar-refractivity contribution is 8.77. The number of carbonyl (C=O) groups is 5. The quantitative estimate of drug-likeness (QED) is 0.212. The second-order valence-corrected chi connectivity index (χ2v) is 15.6. The Hall–Kier alpha value is -3.46. The Morgan fingerprint density at radius 1 is 0.956 bits per heavy atom. The van der Waals surface area contributed by atoms with Crippen LogP contribution < -0.4 is 27.0 Å². The van der Waals surface area contributed by atoms with Gasteiger partial charge >= 0.3 is 5.97 Å². The van der Waals surface area contributed by atoms with E-state index in [9.17, 15) is 34.2 Å². The van der Waals surface area contributed by atoms with Crippen LogP contribution in [0.25, 0.3) is 0 Å². The van der Waals surface area contributed by atoms with Crippen molar-refractivity contribution < 1.29 is 34.2 Å². The summed E-state index contributed by atoms with van der Waals surface area (Å²) in [6, 6.07) is 8.05. The molecule has 12 nitrogen and oxygen atoms in total. The SMILES string of the molecule is CC1(C)SSC(C)(C)[C@H](NC(=O)[C@@H](N)Cc2ccc(O)cc2)C(=O)NCC(=O)N[C@@H](Cc2ccc(Cl)cc2)C(=O)N[C@@H]1C(=O)O. The summed E-state index contributed by atoms with van der Waals surface area (Å²) in [7, 11) is 2.29. The normalized spacial score (nSPS) is 23.0. The molecule has 0 radical (unpaired) electrons. The minimum atomic E-state index is -1.38. The number of rotatable bonds is 7. The largest absolute Gasteiger partial charge is 0.508 e. The van der Waals surface area contributed by atoms with Gasteiger partial charge in [0.05, 0.1) is 17.3 Å². The zero-order chi connectivity index (χ0) is 33.5. The predicted octanol–water partition coefficient (Wildman–Crippen LogP) is 1.77. The van der Waals surface area contributed by atoms with Crippen LogP contribution in [0, 0.1) is 0 Å². The first-order valence-electron chi connectivity index (χ1n) is 14.0. The first-order valence-corrected chi connectivity index (χ1v) is 16.6. The summed E-state index contributed by atoms with van der Waals surface area (Å²) in [6.07, 6.45) is 0.162. The van der Waals surface area contributed by atoms with Crippen LogP contribution in [0.15, 0.2) is 48.5 Å². The number of benzene rings is 2. The zero-order valence-corrected chi connectivity index (χ0v) is 27.6. The molecular formula is C30H38ClN5O7S2. The fourth-order valence-corrected chi connectivity index (χ4v) is 7.39. The first kappa shape index (κ1) is 36.0. The van der Waals surface area contributed by atoms with Crippen LogP contribution in [0.1, 0.15) is 38.8 Å². The molecule has 1 heterocycles. The summed E-state index contributed by atoms with van der Waals surface area (Å²) in [4.78, 5) is 65.5. The molecule has 0 bridgehead atoms. The lowest BCUT2D eigenvalue weighted by atomic mass is 10.00. The average molecular weight is 680 g/mol. The molecule has 1 fully saturated rings. The van der Waals surface area contributed by atoms with Crippen molar-refractivity contribution in [1.82, 2.24) is 21.3 Å². The van der Waals surface area contributed by atoms with E-state index in [4.69, 9.17) is 17.3 Å². The van der Waals surface area contributed by atoms with Crippen LogP contribution >= 0.6 is 33.2 Å². The molecule has 4 atom stereocenters. The molecule has 0 aliphatic carbocycles. The van der Waals surface area contributed by atoms with E-state index in [0.29, 0.717) is 16.1 Å². The molecule has 8 N–H and O–H groups in total. The number of nitrogens with two attached hydrogens (primary N) is 1. The van der Waals surface area contributed by atoms with Crippen molar-refractivity contribution in [2.24, 2.45) is 5.73 Å². The molecule has 0 saturated carbocycles. The van der Waals surface area contributed by atoms with Gasteiger partial charge in [0.25, 0.3) is 0 Å². The lowest BCUT2D eigenvalue weighted by molar-refractivity contribution is -0.143. The molecule has 2 aromatic carbocycles. The van der Waals surface area contributed by atoms with Gasteiger partial charge in [-0.2, -0.15) is 0 Å². The summed E-state index contributed by atoms with van der Waals surface area (Å²) in [6.45, 7) is 6.15. The highest BCUT2D eigenvalue weighted by Crippen LogP contribution is 2.46. The van der Waals surface area contributed by atoms with E-state index in [2.05, 4.69) is 21.3 Å². The molecule has 2 aromatic rings. The zero-order valence-electron chi connectivity index (χ0n) is 25.3. The number of aliphatic carboxylic acids is 1. The van der Waals surface area contributed by atoms with Gasteiger partial charge in [0.1, 0.15) is 23.9 Å². The number of nitrogens with one attached hydrogen (secondary N) is 4. The maximum Gasteiger partial charge on any atom is 0.327 e. The van der Waals surface area contributed by atoms with Gasteiger partial charge in [-0.05, 0) is 69.5 Å². The van der Waals surface area contributed by atoms with Crippen molar-refractivity contribution in [2.45, 2.75) is 74.2 Å². The summed E-state index contributed by atoms with van der Waals surface area (Å²) in [5, 5.41) is 30.5. The number of amides is 4. The predicted molar refractivity (Wildman–Crippen MR) is 175 cm³/mol. The minimum Gasteiger partial charge on any atom is -0.508 e. The van der Waals surface area contributed by atoms with E-state index < -0.39 is 69.8 Å². The van der Waals surface area contributed by atoms with E-state index >= 15 is 0 Å². The molecule has 3 rings (SSSR count). The molecule has 1 aliphatic rings. The second kappa shape index (κ2) is 15.2. The average Bonchev–Trinajstić information content (AvgIpc) is 2.97. The fourth-order valence-electron chi connectivity index (χ4n) is 4.45.